The van der Waals surface area contributed by atoms with Crippen molar-refractivity contribution in [1.29, 1.82) is 5.26 Å². The van der Waals surface area contributed by atoms with Crippen molar-refractivity contribution >= 4 is 11.4 Å². The molecule has 0 radical (unpaired) electrons. The fraction of sp³-hybridized carbons (Fsp3) is 0.533. The van der Waals surface area contributed by atoms with Crippen LogP contribution in [-0.4, -0.2) is 30.6 Å². The summed E-state index contributed by atoms with van der Waals surface area (Å²) in [5, 5.41) is 12.5. The quantitative estimate of drug-likeness (QED) is 0.814. The van der Waals surface area contributed by atoms with E-state index in [1.54, 1.807) is 6.07 Å². The van der Waals surface area contributed by atoms with Gasteiger partial charge in [0.1, 0.15) is 6.07 Å². The molecule has 1 aliphatic heterocycles. The normalized spacial score (nSPS) is 17.7. The van der Waals surface area contributed by atoms with E-state index >= 15 is 0 Å². The molecule has 1 aromatic carbocycles. The van der Waals surface area contributed by atoms with E-state index in [-0.39, 0.29) is 0 Å². The number of nitrogens with zero attached hydrogens (tertiary/aromatic N) is 2. The maximum atomic E-state index is 9.10. The molecule has 19 heavy (non-hydrogen) atoms. The third-order valence-electron chi connectivity index (χ3n) is 3.77. The molecule has 102 valence electrons. The van der Waals surface area contributed by atoms with Crippen LogP contribution in [-0.2, 0) is 0 Å². The number of anilines is 2. The van der Waals surface area contributed by atoms with Gasteiger partial charge in [0.05, 0.1) is 11.3 Å². The third-order valence-corrected chi connectivity index (χ3v) is 3.77. The molecule has 3 N–H and O–H groups in total. The van der Waals surface area contributed by atoms with Crippen molar-refractivity contribution < 1.29 is 0 Å². The molecule has 0 amide bonds. The molecule has 0 saturated carbocycles. The maximum Gasteiger partial charge on any atom is 0.101 e. The Morgan fingerprint density at radius 1 is 1.37 bits per heavy atom. The minimum Gasteiger partial charge on any atom is -0.399 e. The Hall–Kier alpha value is -1.73. The third kappa shape index (κ3) is 3.62. The average molecular weight is 258 g/mol. The zero-order valence-electron chi connectivity index (χ0n) is 11.5. The number of rotatable bonds is 4. The topological polar surface area (TPSA) is 65.1 Å². The number of nitrogen functional groups attached to an aromatic ring is 1. The summed E-state index contributed by atoms with van der Waals surface area (Å²) in [4.78, 5) is 2.51. The number of hydrogen-bond donors (Lipinski definition) is 2. The van der Waals surface area contributed by atoms with Crippen LogP contribution in [0.15, 0.2) is 18.2 Å². The molecule has 1 fully saturated rings. The molecule has 1 aromatic rings. The first-order valence-electron chi connectivity index (χ1n) is 6.98. The molecule has 1 unspecified atom stereocenters. The predicted molar refractivity (Wildman–Crippen MR) is 78.9 cm³/mol. The number of benzene rings is 1. The molecule has 1 saturated heterocycles. The lowest BCUT2D eigenvalue weighted by Gasteiger charge is -2.32. The lowest BCUT2D eigenvalue weighted by Crippen LogP contribution is -2.41. The zero-order valence-corrected chi connectivity index (χ0v) is 11.5. The van der Waals surface area contributed by atoms with Crippen LogP contribution in [0.5, 0.6) is 0 Å². The molecule has 0 aliphatic carbocycles. The van der Waals surface area contributed by atoms with Gasteiger partial charge in [0.2, 0.25) is 0 Å². The summed E-state index contributed by atoms with van der Waals surface area (Å²) in [6, 6.07) is 8.10. The fourth-order valence-electron chi connectivity index (χ4n) is 2.55. The van der Waals surface area contributed by atoms with Gasteiger partial charge in [0.15, 0.2) is 0 Å². The van der Waals surface area contributed by atoms with E-state index in [2.05, 4.69) is 23.2 Å². The van der Waals surface area contributed by atoms with Crippen LogP contribution in [0.25, 0.3) is 0 Å². The molecule has 1 heterocycles. The number of nitrogens with one attached hydrogen (secondary N) is 1. The van der Waals surface area contributed by atoms with Crippen molar-refractivity contribution in [2.45, 2.75) is 32.2 Å². The zero-order chi connectivity index (χ0) is 13.7. The highest BCUT2D eigenvalue weighted by Crippen LogP contribution is 2.19. The monoisotopic (exact) mass is 258 g/mol. The smallest absolute Gasteiger partial charge is 0.101 e. The average Bonchev–Trinajstić information content (AvgIpc) is 2.46. The van der Waals surface area contributed by atoms with Gasteiger partial charge in [-0.25, -0.2) is 0 Å². The molecular weight excluding hydrogens is 236 g/mol. The first kappa shape index (κ1) is 13.7. The van der Waals surface area contributed by atoms with E-state index in [9.17, 15) is 0 Å². The van der Waals surface area contributed by atoms with Crippen LogP contribution >= 0.6 is 0 Å². The Morgan fingerprint density at radius 3 is 2.79 bits per heavy atom. The summed E-state index contributed by atoms with van der Waals surface area (Å²) < 4.78 is 0. The Morgan fingerprint density at radius 2 is 2.11 bits per heavy atom. The van der Waals surface area contributed by atoms with Gasteiger partial charge in [0, 0.05) is 18.3 Å². The van der Waals surface area contributed by atoms with Gasteiger partial charge in [-0.2, -0.15) is 5.26 Å². The van der Waals surface area contributed by atoms with Crippen LogP contribution in [0.1, 0.15) is 31.7 Å². The molecule has 0 bridgehead atoms. The summed E-state index contributed by atoms with van der Waals surface area (Å²) in [6.45, 7) is 5.48. The Bertz CT molecular complexity index is 458. The largest absolute Gasteiger partial charge is 0.399 e. The SMILES string of the molecule is CC(CNc1ccc(N)cc1C#N)N1CCCCC1. The Labute approximate surface area is 115 Å². The summed E-state index contributed by atoms with van der Waals surface area (Å²) in [5.41, 5.74) is 7.81. The van der Waals surface area contributed by atoms with Gasteiger partial charge in [-0.15, -0.1) is 0 Å². The van der Waals surface area contributed by atoms with Crippen LogP contribution < -0.4 is 11.1 Å². The van der Waals surface area contributed by atoms with Crippen molar-refractivity contribution in [2.75, 3.05) is 30.7 Å². The van der Waals surface area contributed by atoms with Gasteiger partial charge in [-0.1, -0.05) is 6.42 Å². The van der Waals surface area contributed by atoms with Crippen molar-refractivity contribution in [3.8, 4) is 6.07 Å². The second-order valence-electron chi connectivity index (χ2n) is 5.24. The molecule has 0 spiro atoms. The van der Waals surface area contributed by atoms with Gasteiger partial charge in [-0.05, 0) is 51.1 Å². The second kappa shape index (κ2) is 6.44. The van der Waals surface area contributed by atoms with Crippen LogP contribution in [0, 0.1) is 11.3 Å². The van der Waals surface area contributed by atoms with Crippen LogP contribution in [0.4, 0.5) is 11.4 Å². The first-order valence-corrected chi connectivity index (χ1v) is 6.98. The molecule has 2 rings (SSSR count). The number of piperidine rings is 1. The van der Waals surface area contributed by atoms with E-state index in [0.717, 1.165) is 12.2 Å². The highest BCUT2D eigenvalue weighted by atomic mass is 15.2. The number of nitriles is 1. The second-order valence-corrected chi connectivity index (χ2v) is 5.24. The maximum absolute atomic E-state index is 9.10. The van der Waals surface area contributed by atoms with E-state index < -0.39 is 0 Å². The van der Waals surface area contributed by atoms with Gasteiger partial charge in [-0.3, -0.25) is 4.90 Å². The highest BCUT2D eigenvalue weighted by Gasteiger charge is 2.16. The van der Waals surface area contributed by atoms with Gasteiger partial charge >= 0.3 is 0 Å². The fourth-order valence-corrected chi connectivity index (χ4v) is 2.55. The predicted octanol–water partition coefficient (Wildman–Crippen LogP) is 2.43. The molecular formula is C15H22N4. The standard InChI is InChI=1S/C15H22N4/c1-12(19-7-3-2-4-8-19)11-18-15-6-5-14(17)9-13(15)10-16/h5-6,9,12,18H,2-4,7-8,11,17H2,1H3. The molecule has 1 aliphatic rings. The lowest BCUT2D eigenvalue weighted by molar-refractivity contribution is 0.180. The minimum absolute atomic E-state index is 0.490. The lowest BCUT2D eigenvalue weighted by atomic mass is 10.1. The van der Waals surface area contributed by atoms with Crippen molar-refractivity contribution in [3.05, 3.63) is 23.8 Å². The van der Waals surface area contributed by atoms with Crippen LogP contribution in [0.3, 0.4) is 0 Å². The van der Waals surface area contributed by atoms with Crippen molar-refractivity contribution in [2.24, 2.45) is 0 Å². The summed E-state index contributed by atoms with van der Waals surface area (Å²) >= 11 is 0. The van der Waals surface area contributed by atoms with E-state index in [4.69, 9.17) is 11.0 Å². The van der Waals surface area contributed by atoms with Crippen molar-refractivity contribution in [3.63, 3.8) is 0 Å². The summed E-state index contributed by atoms with van der Waals surface area (Å²) in [5.74, 6) is 0. The molecule has 4 heteroatoms. The first-order chi connectivity index (χ1) is 9.20. The van der Waals surface area contributed by atoms with Crippen LogP contribution in [0.2, 0.25) is 0 Å². The molecule has 0 aromatic heterocycles. The summed E-state index contributed by atoms with van der Waals surface area (Å²) in [7, 11) is 0. The van der Waals surface area contributed by atoms with Gasteiger partial charge in [0.25, 0.3) is 0 Å². The highest BCUT2D eigenvalue weighted by molar-refractivity contribution is 5.62. The molecule has 1 atom stereocenters. The number of hydrogen-bond acceptors (Lipinski definition) is 4. The minimum atomic E-state index is 0.490. The molecule has 4 nitrogen and oxygen atoms in total. The number of nitrogens with two attached hydrogens (primary N) is 1. The number of likely N-dealkylation sites (tertiary alicyclic amines) is 1. The Kier molecular flexibility index (Phi) is 4.64. The summed E-state index contributed by atoms with van der Waals surface area (Å²) in [6.07, 6.45) is 3.96. The van der Waals surface area contributed by atoms with E-state index in [1.165, 1.54) is 32.4 Å². The Balaban J connectivity index is 1.93. The van der Waals surface area contributed by atoms with Gasteiger partial charge < -0.3 is 11.1 Å². The van der Waals surface area contributed by atoms with E-state index in [1.807, 2.05) is 12.1 Å². The van der Waals surface area contributed by atoms with Crippen molar-refractivity contribution in [1.82, 2.24) is 4.90 Å². The van der Waals surface area contributed by atoms with E-state index in [0.29, 0.717) is 17.3 Å².